The topological polar surface area (TPSA) is 199 Å². The first-order valence-electron chi connectivity index (χ1n) is 15.8. The van der Waals surface area contributed by atoms with Gasteiger partial charge < -0.3 is 34.7 Å². The van der Waals surface area contributed by atoms with E-state index >= 15 is 0 Å². The van der Waals surface area contributed by atoms with Crippen molar-refractivity contribution in [3.8, 4) is 16.9 Å². The maximum atomic E-state index is 13.1. The number of hydrogen-bond donors (Lipinski definition) is 2. The van der Waals surface area contributed by atoms with Gasteiger partial charge in [0.05, 0.1) is 18.6 Å². The molecule has 3 aromatic carbocycles. The predicted molar refractivity (Wildman–Crippen MR) is 179 cm³/mol. The summed E-state index contributed by atoms with van der Waals surface area (Å²) in [6.45, 7) is 6.28. The van der Waals surface area contributed by atoms with Crippen LogP contribution in [0.25, 0.3) is 11.1 Å². The monoisotopic (exact) mass is 692 g/mol. The Morgan fingerprint density at radius 3 is 2.10 bits per heavy atom. The highest BCUT2D eigenvalue weighted by Gasteiger charge is 2.43. The number of esters is 1. The van der Waals surface area contributed by atoms with Crippen LogP contribution in [0.2, 0.25) is 0 Å². The number of benzene rings is 3. The lowest BCUT2D eigenvalue weighted by Crippen LogP contribution is -2.42. The number of nitrogens with one attached hydrogen (secondary N) is 1. The van der Waals surface area contributed by atoms with Gasteiger partial charge in [0.15, 0.2) is 0 Å². The van der Waals surface area contributed by atoms with Crippen LogP contribution in [0.3, 0.4) is 0 Å². The van der Waals surface area contributed by atoms with Crippen LogP contribution in [0.5, 0.6) is 5.75 Å². The van der Waals surface area contributed by atoms with Crippen LogP contribution in [-0.2, 0) is 23.7 Å². The Hall–Kier alpha value is -5.70. The molecule has 0 spiro atoms. The van der Waals surface area contributed by atoms with E-state index in [0.717, 1.165) is 22.3 Å². The third-order valence-electron chi connectivity index (χ3n) is 7.63. The van der Waals surface area contributed by atoms with Crippen molar-refractivity contribution in [1.29, 1.82) is 0 Å². The number of alkyl carbamates (subject to hydrolysis) is 1. The summed E-state index contributed by atoms with van der Waals surface area (Å²) in [6, 6.07) is 19.7. The number of nitrogens with two attached hydrogens (primary N) is 1. The maximum Gasteiger partial charge on any atom is 0.514 e. The van der Waals surface area contributed by atoms with Gasteiger partial charge >= 0.3 is 24.3 Å². The molecule has 3 aromatic rings. The average molecular weight is 693 g/mol. The number of hydrogen-bond acceptors (Lipinski definition) is 12. The summed E-state index contributed by atoms with van der Waals surface area (Å²) >= 11 is 0. The molecule has 2 atom stereocenters. The first-order chi connectivity index (χ1) is 23.8. The standard InChI is InChI=1S/C28H24N2O9.C7H16N2O2/c1-36-26(31)25-14-19(39-28(33)38-18-12-10-17(11-13-18)30(34)35)15-29(25)27(32)37-16-24-22-8-4-2-6-20(22)21-7-3-5-9-23(21)24;1-7(2,3)11-6(10)9-5-4-8/h2-13,19,24-25H,14-16H2,1H3;4-5,8H2,1-3H3,(H,9,10)/t19-,25+;/m1./s1. The number of methoxy groups -OCH3 is 1. The molecule has 1 heterocycles. The van der Waals surface area contributed by atoms with Crippen LogP contribution in [0.4, 0.5) is 20.1 Å². The molecule has 5 rings (SSSR count). The molecule has 1 aliphatic carbocycles. The number of nitrogens with zero attached hydrogens (tertiary/aromatic N) is 2. The van der Waals surface area contributed by atoms with Gasteiger partial charge in [-0.3, -0.25) is 15.0 Å². The Bertz CT molecular complexity index is 1640. The van der Waals surface area contributed by atoms with E-state index < -0.39 is 47.0 Å². The van der Waals surface area contributed by atoms with Crippen LogP contribution in [0, 0.1) is 10.1 Å². The number of non-ortho nitro benzene ring substituents is 1. The smallest absolute Gasteiger partial charge is 0.467 e. The summed E-state index contributed by atoms with van der Waals surface area (Å²) in [4.78, 5) is 60.1. The van der Waals surface area contributed by atoms with Crippen molar-refractivity contribution in [3.05, 3.63) is 94.0 Å². The number of carbonyl (C=O) groups excluding carboxylic acids is 4. The third-order valence-corrected chi connectivity index (χ3v) is 7.63. The van der Waals surface area contributed by atoms with Crippen molar-refractivity contribution in [2.75, 3.05) is 33.4 Å². The van der Waals surface area contributed by atoms with E-state index in [9.17, 15) is 29.3 Å². The Morgan fingerprint density at radius 1 is 0.960 bits per heavy atom. The fourth-order valence-corrected chi connectivity index (χ4v) is 5.50. The molecule has 50 heavy (non-hydrogen) atoms. The van der Waals surface area contributed by atoms with Gasteiger partial charge in [-0.1, -0.05) is 48.5 Å². The van der Waals surface area contributed by atoms with Crippen molar-refractivity contribution in [2.45, 2.75) is 50.9 Å². The van der Waals surface area contributed by atoms with Gasteiger partial charge in [-0.15, -0.1) is 0 Å². The van der Waals surface area contributed by atoms with Crippen molar-refractivity contribution in [1.82, 2.24) is 10.2 Å². The quantitative estimate of drug-likeness (QED) is 0.104. The van der Waals surface area contributed by atoms with Crippen LogP contribution in [-0.4, -0.2) is 85.2 Å². The molecule has 0 unspecified atom stereocenters. The molecule has 0 radical (unpaired) electrons. The summed E-state index contributed by atoms with van der Waals surface area (Å²) in [5.41, 5.74) is 8.85. The number of nitro groups is 1. The van der Waals surface area contributed by atoms with E-state index in [1.165, 1.54) is 36.3 Å². The first-order valence-corrected chi connectivity index (χ1v) is 15.8. The Balaban J connectivity index is 0.000000442. The lowest BCUT2D eigenvalue weighted by molar-refractivity contribution is -0.384. The van der Waals surface area contributed by atoms with E-state index in [1.807, 2.05) is 69.3 Å². The van der Waals surface area contributed by atoms with Crippen LogP contribution >= 0.6 is 0 Å². The van der Waals surface area contributed by atoms with Gasteiger partial charge in [0.2, 0.25) is 0 Å². The maximum absolute atomic E-state index is 13.1. The molecule has 0 aromatic heterocycles. The molecular formula is C35H40N4O11. The summed E-state index contributed by atoms with van der Waals surface area (Å²) in [5.74, 6) is -0.788. The fourth-order valence-electron chi connectivity index (χ4n) is 5.50. The number of carbonyl (C=O) groups is 4. The van der Waals surface area contributed by atoms with Crippen molar-refractivity contribution >= 4 is 30.0 Å². The van der Waals surface area contributed by atoms with Gasteiger partial charge in [-0.25, -0.2) is 19.2 Å². The van der Waals surface area contributed by atoms with Gasteiger partial charge in [0, 0.05) is 37.6 Å². The second kappa shape index (κ2) is 16.6. The molecule has 0 saturated carbocycles. The minimum absolute atomic E-state index is 0.00771. The summed E-state index contributed by atoms with van der Waals surface area (Å²) in [5, 5.41) is 13.3. The lowest BCUT2D eigenvalue weighted by Gasteiger charge is -2.23. The molecule has 0 bridgehead atoms. The van der Waals surface area contributed by atoms with Gasteiger partial charge in [-0.05, 0) is 55.2 Å². The zero-order valence-corrected chi connectivity index (χ0v) is 28.2. The SMILES string of the molecule is CC(C)(C)OC(=O)NCCN.COC(=O)[C@@H]1C[C@@H](OC(=O)Oc2ccc([N+](=O)[O-])cc2)CN1C(=O)OCC1c2ccccc2-c2ccccc21. The molecule has 15 heteroatoms. The van der Waals surface area contributed by atoms with E-state index in [4.69, 9.17) is 29.4 Å². The fraction of sp³-hybridized carbons (Fsp3) is 0.371. The van der Waals surface area contributed by atoms with E-state index in [2.05, 4.69) is 5.32 Å². The van der Waals surface area contributed by atoms with E-state index in [1.54, 1.807) is 0 Å². The van der Waals surface area contributed by atoms with E-state index in [-0.39, 0.29) is 36.9 Å². The number of likely N-dealkylation sites (tertiary alicyclic amines) is 1. The Morgan fingerprint density at radius 2 is 1.56 bits per heavy atom. The van der Waals surface area contributed by atoms with Crippen LogP contribution in [0.15, 0.2) is 72.8 Å². The number of rotatable bonds is 8. The number of amides is 2. The summed E-state index contributed by atoms with van der Waals surface area (Å²) < 4.78 is 25.9. The summed E-state index contributed by atoms with van der Waals surface area (Å²) in [7, 11) is 1.20. The Kier molecular flexibility index (Phi) is 12.3. The molecule has 266 valence electrons. The minimum atomic E-state index is -1.08. The number of ether oxygens (including phenoxy) is 5. The number of nitro benzene ring substituents is 1. The Labute approximate surface area is 288 Å². The molecule has 1 aliphatic heterocycles. The zero-order chi connectivity index (χ0) is 36.4. The second-order valence-corrected chi connectivity index (χ2v) is 12.3. The summed E-state index contributed by atoms with van der Waals surface area (Å²) in [6.07, 6.45) is -3.09. The molecule has 3 N–H and O–H groups in total. The molecule has 2 aliphatic rings. The molecule has 1 fully saturated rings. The van der Waals surface area contributed by atoms with Crippen molar-refractivity contribution in [2.24, 2.45) is 5.73 Å². The van der Waals surface area contributed by atoms with Crippen LogP contribution in [0.1, 0.15) is 44.2 Å². The van der Waals surface area contributed by atoms with Gasteiger partial charge in [0.1, 0.15) is 30.1 Å². The zero-order valence-electron chi connectivity index (χ0n) is 28.2. The van der Waals surface area contributed by atoms with Crippen molar-refractivity contribution < 1.29 is 47.8 Å². The highest BCUT2D eigenvalue weighted by atomic mass is 16.7. The lowest BCUT2D eigenvalue weighted by atomic mass is 9.98. The minimum Gasteiger partial charge on any atom is -0.467 e. The number of fused-ring (bicyclic) bond motifs is 3. The molecule has 15 nitrogen and oxygen atoms in total. The normalized spacial score (nSPS) is 16.1. The second-order valence-electron chi connectivity index (χ2n) is 12.3. The van der Waals surface area contributed by atoms with Crippen LogP contribution < -0.4 is 15.8 Å². The predicted octanol–water partition coefficient (Wildman–Crippen LogP) is 5.15. The third kappa shape index (κ3) is 9.69. The first kappa shape index (κ1) is 37.1. The molecule has 1 saturated heterocycles. The molecule has 2 amide bonds. The largest absolute Gasteiger partial charge is 0.514 e. The van der Waals surface area contributed by atoms with Crippen molar-refractivity contribution in [3.63, 3.8) is 0 Å². The van der Waals surface area contributed by atoms with E-state index in [0.29, 0.717) is 13.1 Å². The van der Waals surface area contributed by atoms with Gasteiger partial charge in [0.25, 0.3) is 5.69 Å². The highest BCUT2D eigenvalue weighted by molar-refractivity contribution is 5.83. The molecular weight excluding hydrogens is 652 g/mol. The van der Waals surface area contributed by atoms with Gasteiger partial charge in [-0.2, -0.15) is 0 Å². The highest BCUT2D eigenvalue weighted by Crippen LogP contribution is 2.44. The average Bonchev–Trinajstić information content (AvgIpc) is 3.65.